The molecule has 4 nitrogen and oxygen atoms in total. The molecule has 3 N–H and O–H groups in total. The van der Waals surface area contributed by atoms with Crippen LogP contribution in [0.15, 0.2) is 75.4 Å². The summed E-state index contributed by atoms with van der Waals surface area (Å²) in [7, 11) is 0. The van der Waals surface area contributed by atoms with Crippen LogP contribution in [-0.4, -0.2) is 21.5 Å². The van der Waals surface area contributed by atoms with Gasteiger partial charge in [-0.15, -0.1) is 46.2 Å². The highest BCUT2D eigenvalue weighted by Crippen LogP contribution is 2.47. The smallest absolute Gasteiger partial charge is 0.129 e. The highest BCUT2D eigenvalue weighted by molar-refractivity contribution is 8.05. The van der Waals surface area contributed by atoms with Crippen molar-refractivity contribution in [3.8, 4) is 20.9 Å². The van der Waals surface area contributed by atoms with E-state index in [1.165, 1.54) is 15.3 Å². The molecule has 0 atom stereocenters. The third-order valence-corrected chi connectivity index (χ3v) is 9.30. The largest absolute Gasteiger partial charge is 0.399 e. The molecular weight excluding hydrogens is 473 g/mol. The van der Waals surface area contributed by atoms with E-state index in [0.29, 0.717) is 0 Å². The molecule has 1 aliphatic heterocycles. The zero-order valence-corrected chi connectivity index (χ0v) is 20.1. The maximum atomic E-state index is 5.93. The Balaban J connectivity index is 1.67. The standard InChI is InChI=1S/C24H18N4S4/c25-14-5-7-15(8-6-14)26-22-20(19-4-2-10-30-19)16(18-3-1-9-29-18)13-17-21(22)28-24-23(27-17)31-11-12-32-24/h1-10,13,26H,11-12,25H2. The van der Waals surface area contributed by atoms with E-state index in [2.05, 4.69) is 46.4 Å². The summed E-state index contributed by atoms with van der Waals surface area (Å²) >= 11 is 7.07. The Morgan fingerprint density at radius 3 is 2.19 bits per heavy atom. The van der Waals surface area contributed by atoms with Gasteiger partial charge in [-0.1, -0.05) is 12.1 Å². The van der Waals surface area contributed by atoms with Gasteiger partial charge in [0, 0.05) is 43.8 Å². The molecule has 0 unspecified atom stereocenters. The second kappa shape index (κ2) is 8.44. The van der Waals surface area contributed by atoms with Crippen LogP contribution >= 0.6 is 46.2 Å². The van der Waals surface area contributed by atoms with E-state index in [9.17, 15) is 0 Å². The van der Waals surface area contributed by atoms with Crippen molar-refractivity contribution in [3.05, 3.63) is 65.4 Å². The first kappa shape index (κ1) is 20.1. The van der Waals surface area contributed by atoms with Gasteiger partial charge in [-0.25, -0.2) is 9.97 Å². The van der Waals surface area contributed by atoms with Crippen LogP contribution in [0.4, 0.5) is 17.1 Å². The fraction of sp³-hybridized carbons (Fsp3) is 0.0833. The molecule has 0 fully saturated rings. The minimum Gasteiger partial charge on any atom is -0.399 e. The summed E-state index contributed by atoms with van der Waals surface area (Å²) in [4.78, 5) is 12.6. The van der Waals surface area contributed by atoms with Gasteiger partial charge < -0.3 is 11.1 Å². The van der Waals surface area contributed by atoms with E-state index in [-0.39, 0.29) is 0 Å². The lowest BCUT2D eigenvalue weighted by atomic mass is 10.00. The van der Waals surface area contributed by atoms with Crippen LogP contribution in [0.3, 0.4) is 0 Å². The van der Waals surface area contributed by atoms with Crippen LogP contribution in [0, 0.1) is 0 Å². The topological polar surface area (TPSA) is 63.8 Å². The first-order chi connectivity index (χ1) is 15.8. The molecule has 2 aromatic carbocycles. The number of hydrogen-bond acceptors (Lipinski definition) is 8. The zero-order valence-electron chi connectivity index (χ0n) is 16.9. The van der Waals surface area contributed by atoms with Crippen LogP contribution in [0.1, 0.15) is 0 Å². The Morgan fingerprint density at radius 1 is 0.812 bits per heavy atom. The molecule has 1 aliphatic rings. The zero-order chi connectivity index (χ0) is 21.5. The lowest BCUT2D eigenvalue weighted by Crippen LogP contribution is -2.04. The Morgan fingerprint density at radius 2 is 1.50 bits per heavy atom. The number of nitrogen functional groups attached to an aromatic ring is 1. The van der Waals surface area contributed by atoms with Crippen LogP contribution < -0.4 is 11.1 Å². The number of thioether (sulfide) groups is 2. The van der Waals surface area contributed by atoms with Crippen LogP contribution in [0.25, 0.3) is 31.9 Å². The summed E-state index contributed by atoms with van der Waals surface area (Å²) in [6, 6.07) is 18.6. The number of anilines is 3. The summed E-state index contributed by atoms with van der Waals surface area (Å²) in [5.74, 6) is 2.13. The molecule has 4 heterocycles. The molecule has 6 rings (SSSR count). The van der Waals surface area contributed by atoms with E-state index < -0.39 is 0 Å². The summed E-state index contributed by atoms with van der Waals surface area (Å²) < 4.78 is 0. The highest BCUT2D eigenvalue weighted by atomic mass is 32.2. The second-order valence-electron chi connectivity index (χ2n) is 7.27. The average molecular weight is 491 g/mol. The van der Waals surface area contributed by atoms with Gasteiger partial charge in [0.1, 0.15) is 15.6 Å². The predicted octanol–water partition coefficient (Wildman–Crippen LogP) is 7.61. The quantitative estimate of drug-likeness (QED) is 0.253. The molecule has 0 aliphatic carbocycles. The third kappa shape index (κ3) is 3.67. The van der Waals surface area contributed by atoms with Gasteiger partial charge in [-0.3, -0.25) is 0 Å². The minimum absolute atomic E-state index is 0.744. The molecule has 0 bridgehead atoms. The number of nitrogens with two attached hydrogens (primary N) is 1. The van der Waals surface area contributed by atoms with Crippen molar-refractivity contribution in [1.29, 1.82) is 0 Å². The molecule has 0 spiro atoms. The van der Waals surface area contributed by atoms with Gasteiger partial charge in [-0.05, 0) is 53.2 Å². The fourth-order valence-electron chi connectivity index (χ4n) is 3.76. The van der Waals surface area contributed by atoms with E-state index >= 15 is 0 Å². The molecule has 3 aromatic heterocycles. The number of benzene rings is 2. The number of nitrogens with one attached hydrogen (secondary N) is 1. The molecular formula is C24H18N4S4. The maximum absolute atomic E-state index is 5.93. The number of hydrogen-bond donors (Lipinski definition) is 2. The molecule has 0 amide bonds. The van der Waals surface area contributed by atoms with E-state index in [1.807, 2.05) is 24.3 Å². The molecule has 0 radical (unpaired) electrons. The Labute approximate surface area is 202 Å². The van der Waals surface area contributed by atoms with Crippen molar-refractivity contribution in [1.82, 2.24) is 9.97 Å². The highest BCUT2D eigenvalue weighted by Gasteiger charge is 2.23. The van der Waals surface area contributed by atoms with E-state index in [1.54, 1.807) is 46.2 Å². The molecule has 5 aromatic rings. The monoisotopic (exact) mass is 490 g/mol. The lowest BCUT2D eigenvalue weighted by molar-refractivity contribution is 0.964. The molecule has 0 saturated heterocycles. The number of rotatable bonds is 4. The van der Waals surface area contributed by atoms with Crippen molar-refractivity contribution >= 4 is 74.3 Å². The predicted molar refractivity (Wildman–Crippen MR) is 142 cm³/mol. The average Bonchev–Trinajstić information content (AvgIpc) is 3.54. The summed E-state index contributed by atoms with van der Waals surface area (Å²) in [6.45, 7) is 0. The number of aromatic nitrogens is 2. The summed E-state index contributed by atoms with van der Waals surface area (Å²) in [6.07, 6.45) is 0. The molecule has 8 heteroatoms. The first-order valence-corrected chi connectivity index (χ1v) is 13.8. The van der Waals surface area contributed by atoms with Crippen molar-refractivity contribution < 1.29 is 0 Å². The third-order valence-electron chi connectivity index (χ3n) is 5.19. The summed E-state index contributed by atoms with van der Waals surface area (Å²) in [5, 5.41) is 9.98. The summed E-state index contributed by atoms with van der Waals surface area (Å²) in [5.41, 5.74) is 12.8. The van der Waals surface area contributed by atoms with Gasteiger partial charge in [0.2, 0.25) is 0 Å². The second-order valence-corrected chi connectivity index (χ2v) is 11.3. The van der Waals surface area contributed by atoms with Gasteiger partial charge >= 0.3 is 0 Å². The molecule has 32 heavy (non-hydrogen) atoms. The van der Waals surface area contributed by atoms with Crippen LogP contribution in [0.2, 0.25) is 0 Å². The van der Waals surface area contributed by atoms with Gasteiger partial charge in [0.25, 0.3) is 0 Å². The molecule has 0 saturated carbocycles. The van der Waals surface area contributed by atoms with Crippen molar-refractivity contribution in [2.45, 2.75) is 10.1 Å². The first-order valence-electron chi connectivity index (χ1n) is 10.1. The Bertz CT molecular complexity index is 1400. The maximum Gasteiger partial charge on any atom is 0.129 e. The number of nitrogens with zero attached hydrogens (tertiary/aromatic N) is 2. The number of thiophene rings is 2. The van der Waals surface area contributed by atoms with Crippen LogP contribution in [0.5, 0.6) is 0 Å². The fourth-order valence-corrected chi connectivity index (χ4v) is 7.37. The Kier molecular flexibility index (Phi) is 5.30. The van der Waals surface area contributed by atoms with Crippen LogP contribution in [-0.2, 0) is 0 Å². The van der Waals surface area contributed by atoms with Crippen molar-refractivity contribution in [2.24, 2.45) is 0 Å². The van der Waals surface area contributed by atoms with Crippen molar-refractivity contribution in [3.63, 3.8) is 0 Å². The van der Waals surface area contributed by atoms with E-state index in [0.717, 1.165) is 55.2 Å². The Hall–Kier alpha value is -2.52. The lowest BCUT2D eigenvalue weighted by Gasteiger charge is -2.20. The van der Waals surface area contributed by atoms with Gasteiger partial charge in [-0.2, -0.15) is 0 Å². The van der Waals surface area contributed by atoms with Gasteiger partial charge in [0.15, 0.2) is 0 Å². The van der Waals surface area contributed by atoms with Gasteiger partial charge in [0.05, 0.1) is 11.2 Å². The van der Waals surface area contributed by atoms with E-state index in [4.69, 9.17) is 15.7 Å². The normalized spacial score (nSPS) is 13.2. The molecule has 158 valence electrons. The number of fused-ring (bicyclic) bond motifs is 2. The van der Waals surface area contributed by atoms with Crippen molar-refractivity contribution in [2.75, 3.05) is 22.6 Å². The SMILES string of the molecule is Nc1ccc(Nc2c(-c3cccs3)c(-c3cccs3)cc3nc4c(nc23)SCCS4)cc1. The minimum atomic E-state index is 0.744.